The number of anilines is 1. The molecule has 0 aliphatic heterocycles. The van der Waals surface area contributed by atoms with Crippen molar-refractivity contribution < 1.29 is 4.79 Å². The quantitative estimate of drug-likeness (QED) is 0.335. The van der Waals surface area contributed by atoms with E-state index in [0.717, 1.165) is 10.5 Å². The SMILES string of the molecule is NNC(=O)N(N)c1cccn2nccc12. The third kappa shape index (κ3) is 1.49. The van der Waals surface area contributed by atoms with Crippen molar-refractivity contribution in [3.63, 3.8) is 0 Å². The number of hydrogen-bond donors (Lipinski definition) is 3. The second kappa shape index (κ2) is 3.56. The lowest BCUT2D eigenvalue weighted by atomic mass is 10.3. The van der Waals surface area contributed by atoms with E-state index in [1.807, 2.05) is 5.43 Å². The first-order valence-electron chi connectivity index (χ1n) is 4.22. The Morgan fingerprint density at radius 3 is 3.07 bits per heavy atom. The maximum absolute atomic E-state index is 11.2. The molecule has 0 atom stereocenters. The summed E-state index contributed by atoms with van der Waals surface area (Å²) in [4.78, 5) is 11.2. The molecule has 0 unspecified atom stereocenters. The topological polar surface area (TPSA) is 102 Å². The van der Waals surface area contributed by atoms with Crippen LogP contribution >= 0.6 is 0 Å². The first-order valence-corrected chi connectivity index (χ1v) is 4.22. The van der Waals surface area contributed by atoms with Gasteiger partial charge in [0, 0.05) is 6.20 Å². The number of fused-ring (bicyclic) bond motifs is 1. The minimum absolute atomic E-state index is 0.526. The number of carbonyl (C=O) groups excluding carboxylic acids is 1. The summed E-state index contributed by atoms with van der Waals surface area (Å²) in [5.74, 6) is 10.6. The van der Waals surface area contributed by atoms with Crippen molar-refractivity contribution in [3.05, 3.63) is 30.6 Å². The number of pyridine rings is 1. The lowest BCUT2D eigenvalue weighted by Crippen LogP contribution is -2.47. The normalized spacial score (nSPS) is 10.3. The summed E-state index contributed by atoms with van der Waals surface area (Å²) < 4.78 is 1.61. The van der Waals surface area contributed by atoms with Gasteiger partial charge < -0.3 is 0 Å². The molecule has 15 heavy (non-hydrogen) atoms. The summed E-state index contributed by atoms with van der Waals surface area (Å²) in [5.41, 5.74) is 3.20. The molecular formula is C8H10N6O. The molecule has 0 aliphatic rings. The van der Waals surface area contributed by atoms with Gasteiger partial charge >= 0.3 is 6.03 Å². The summed E-state index contributed by atoms with van der Waals surface area (Å²) >= 11 is 0. The van der Waals surface area contributed by atoms with Crippen LogP contribution in [0, 0.1) is 0 Å². The van der Waals surface area contributed by atoms with Gasteiger partial charge in [0.05, 0.1) is 17.4 Å². The van der Waals surface area contributed by atoms with Crippen LogP contribution in [0.25, 0.3) is 5.52 Å². The number of carbonyl (C=O) groups is 1. The largest absolute Gasteiger partial charge is 0.350 e. The Bertz CT molecular complexity index is 493. The van der Waals surface area contributed by atoms with E-state index < -0.39 is 6.03 Å². The summed E-state index contributed by atoms with van der Waals surface area (Å²) in [6, 6.07) is 4.59. The van der Waals surface area contributed by atoms with Crippen molar-refractivity contribution in [2.45, 2.75) is 0 Å². The number of nitrogens with two attached hydrogens (primary N) is 2. The van der Waals surface area contributed by atoms with E-state index in [1.54, 1.807) is 35.1 Å². The zero-order valence-corrected chi connectivity index (χ0v) is 7.79. The summed E-state index contributed by atoms with van der Waals surface area (Å²) in [6.07, 6.45) is 3.38. The first-order chi connectivity index (χ1) is 7.24. The molecule has 5 N–H and O–H groups in total. The van der Waals surface area contributed by atoms with E-state index >= 15 is 0 Å². The Kier molecular flexibility index (Phi) is 2.24. The monoisotopic (exact) mass is 206 g/mol. The number of amides is 2. The van der Waals surface area contributed by atoms with Crippen molar-refractivity contribution in [2.75, 3.05) is 5.01 Å². The van der Waals surface area contributed by atoms with Gasteiger partial charge in [-0.1, -0.05) is 0 Å². The molecule has 0 saturated carbocycles. The van der Waals surface area contributed by atoms with Gasteiger partial charge in [-0.2, -0.15) is 5.10 Å². The average molecular weight is 206 g/mol. The van der Waals surface area contributed by atoms with Gasteiger partial charge in [0.2, 0.25) is 0 Å². The van der Waals surface area contributed by atoms with E-state index in [2.05, 4.69) is 5.10 Å². The van der Waals surface area contributed by atoms with Crippen LogP contribution in [0.1, 0.15) is 0 Å². The molecule has 0 bridgehead atoms. The highest BCUT2D eigenvalue weighted by Crippen LogP contribution is 2.18. The van der Waals surface area contributed by atoms with Crippen molar-refractivity contribution in [3.8, 4) is 0 Å². The van der Waals surface area contributed by atoms with Crippen LogP contribution in [0.2, 0.25) is 0 Å². The van der Waals surface area contributed by atoms with Crippen molar-refractivity contribution in [2.24, 2.45) is 11.7 Å². The zero-order valence-electron chi connectivity index (χ0n) is 7.79. The van der Waals surface area contributed by atoms with Gasteiger partial charge in [-0.25, -0.2) is 26.0 Å². The van der Waals surface area contributed by atoms with Crippen LogP contribution in [0.15, 0.2) is 30.6 Å². The van der Waals surface area contributed by atoms with E-state index in [9.17, 15) is 4.79 Å². The Labute approximate surface area is 85.2 Å². The van der Waals surface area contributed by atoms with Crippen molar-refractivity contribution in [1.82, 2.24) is 15.0 Å². The number of hydrazine groups is 2. The van der Waals surface area contributed by atoms with Crippen molar-refractivity contribution >= 4 is 17.2 Å². The minimum Gasteiger partial charge on any atom is -0.274 e. The van der Waals surface area contributed by atoms with Gasteiger partial charge in [0.15, 0.2) is 0 Å². The molecule has 2 heterocycles. The number of nitrogens with one attached hydrogen (secondary N) is 1. The maximum atomic E-state index is 11.2. The van der Waals surface area contributed by atoms with E-state index in [4.69, 9.17) is 11.7 Å². The third-order valence-corrected chi connectivity index (χ3v) is 2.02. The fraction of sp³-hybridized carbons (Fsp3) is 0. The Morgan fingerprint density at radius 2 is 2.33 bits per heavy atom. The number of nitrogens with zero attached hydrogens (tertiary/aromatic N) is 3. The van der Waals surface area contributed by atoms with Crippen LogP contribution in [-0.2, 0) is 0 Å². The minimum atomic E-state index is -0.593. The Morgan fingerprint density at radius 1 is 1.53 bits per heavy atom. The van der Waals surface area contributed by atoms with Crippen LogP contribution < -0.4 is 22.1 Å². The maximum Gasteiger partial charge on any atom is 0.350 e. The molecule has 2 aromatic rings. The molecule has 2 rings (SSSR count). The molecule has 2 amide bonds. The van der Waals surface area contributed by atoms with Crippen LogP contribution in [0.5, 0.6) is 0 Å². The number of rotatable bonds is 1. The molecule has 0 fully saturated rings. The third-order valence-electron chi connectivity index (χ3n) is 2.02. The average Bonchev–Trinajstić information content (AvgIpc) is 2.74. The summed E-state index contributed by atoms with van der Waals surface area (Å²) in [7, 11) is 0. The molecule has 0 aromatic carbocycles. The fourth-order valence-corrected chi connectivity index (χ4v) is 1.32. The standard InChI is InChI=1S/C8H10N6O/c9-12-8(15)14(10)7-2-1-5-13-6(7)3-4-11-13/h1-5H,9-10H2,(H,12,15). The van der Waals surface area contributed by atoms with Crippen molar-refractivity contribution in [1.29, 1.82) is 0 Å². The van der Waals surface area contributed by atoms with Gasteiger partial charge in [0.1, 0.15) is 0 Å². The second-order valence-corrected chi connectivity index (χ2v) is 2.87. The zero-order chi connectivity index (χ0) is 10.8. The van der Waals surface area contributed by atoms with Crippen LogP contribution in [0.4, 0.5) is 10.5 Å². The molecule has 78 valence electrons. The molecular weight excluding hydrogens is 196 g/mol. The van der Waals surface area contributed by atoms with Gasteiger partial charge in [-0.05, 0) is 18.2 Å². The van der Waals surface area contributed by atoms with Crippen LogP contribution in [-0.4, -0.2) is 15.6 Å². The molecule has 2 aromatic heterocycles. The van der Waals surface area contributed by atoms with E-state index in [1.165, 1.54) is 0 Å². The van der Waals surface area contributed by atoms with E-state index in [-0.39, 0.29) is 0 Å². The molecule has 0 spiro atoms. The second-order valence-electron chi connectivity index (χ2n) is 2.87. The first kappa shape index (κ1) is 9.44. The number of hydrogen-bond acceptors (Lipinski definition) is 4. The number of aromatic nitrogens is 2. The van der Waals surface area contributed by atoms with Gasteiger partial charge in [0.25, 0.3) is 0 Å². The Balaban J connectivity index is 2.51. The lowest BCUT2D eigenvalue weighted by molar-refractivity contribution is 0.246. The Hall–Kier alpha value is -2.12. The molecule has 7 nitrogen and oxygen atoms in total. The summed E-state index contributed by atoms with van der Waals surface area (Å²) in [6.45, 7) is 0. The molecule has 7 heteroatoms. The van der Waals surface area contributed by atoms with Gasteiger partial charge in [-0.3, -0.25) is 5.43 Å². The molecule has 0 radical (unpaired) electrons. The van der Waals surface area contributed by atoms with Gasteiger partial charge in [-0.15, -0.1) is 0 Å². The highest BCUT2D eigenvalue weighted by molar-refractivity contribution is 5.94. The highest BCUT2D eigenvalue weighted by atomic mass is 16.2. The van der Waals surface area contributed by atoms with Crippen LogP contribution in [0.3, 0.4) is 0 Å². The lowest BCUT2D eigenvalue weighted by Gasteiger charge is -2.16. The van der Waals surface area contributed by atoms with E-state index in [0.29, 0.717) is 5.69 Å². The summed E-state index contributed by atoms with van der Waals surface area (Å²) in [5, 5.41) is 4.95. The predicted octanol–water partition coefficient (Wildman–Crippen LogP) is -0.402. The smallest absolute Gasteiger partial charge is 0.274 e. The molecule has 0 saturated heterocycles. The number of urea groups is 1. The molecule has 0 aliphatic carbocycles. The highest BCUT2D eigenvalue weighted by Gasteiger charge is 2.13. The predicted molar refractivity (Wildman–Crippen MR) is 54.6 cm³/mol. The fourth-order valence-electron chi connectivity index (χ4n) is 1.32.